The van der Waals surface area contributed by atoms with E-state index in [1.54, 1.807) is 6.07 Å². The van der Waals surface area contributed by atoms with Crippen molar-refractivity contribution in [1.82, 2.24) is 4.98 Å². The van der Waals surface area contributed by atoms with Crippen LogP contribution in [0.1, 0.15) is 33.1 Å². The van der Waals surface area contributed by atoms with Crippen LogP contribution < -0.4 is 15.8 Å². The Bertz CT molecular complexity index is 358. The first kappa shape index (κ1) is 14.6. The molecular weight excluding hydrogens is 230 g/mol. The minimum absolute atomic E-state index is 0.166. The lowest BCUT2D eigenvalue weighted by atomic mass is 10.1. The van der Waals surface area contributed by atoms with Crippen LogP contribution in [0.3, 0.4) is 0 Å². The number of anilines is 2. The quantitative estimate of drug-likeness (QED) is 0.660. The number of hydrogen-bond acceptors (Lipinski definition) is 5. The molecule has 0 saturated carbocycles. The standard InChI is InChI=1S/C13H23N3O2/c1-3-9-18-13-11(14)5-6-12(16-13)15-10(4-2)7-8-17/h5-6,10,17H,3-4,7-9,14H2,1-2H3,(H,15,16). The third-order valence-electron chi connectivity index (χ3n) is 2.65. The summed E-state index contributed by atoms with van der Waals surface area (Å²) in [4.78, 5) is 4.34. The number of nitrogens with two attached hydrogens (primary N) is 1. The number of rotatable bonds is 8. The molecule has 4 N–H and O–H groups in total. The van der Waals surface area contributed by atoms with Crippen molar-refractivity contribution < 1.29 is 9.84 Å². The molecule has 1 aromatic rings. The Labute approximate surface area is 108 Å². The topological polar surface area (TPSA) is 80.4 Å². The molecule has 0 aliphatic carbocycles. The monoisotopic (exact) mass is 253 g/mol. The fourth-order valence-electron chi connectivity index (χ4n) is 1.59. The van der Waals surface area contributed by atoms with Gasteiger partial charge in [-0.05, 0) is 31.4 Å². The highest BCUT2D eigenvalue weighted by atomic mass is 16.5. The van der Waals surface area contributed by atoms with Crippen molar-refractivity contribution in [3.05, 3.63) is 12.1 Å². The smallest absolute Gasteiger partial charge is 0.239 e. The minimum atomic E-state index is 0.166. The molecule has 5 heteroatoms. The maximum Gasteiger partial charge on any atom is 0.239 e. The van der Waals surface area contributed by atoms with Crippen molar-refractivity contribution in [1.29, 1.82) is 0 Å². The predicted octanol–water partition coefficient (Wildman–Crippen LogP) is 2.03. The molecule has 0 bridgehead atoms. The minimum Gasteiger partial charge on any atom is -0.476 e. The summed E-state index contributed by atoms with van der Waals surface area (Å²) >= 11 is 0. The summed E-state index contributed by atoms with van der Waals surface area (Å²) in [6, 6.07) is 3.82. The second-order valence-electron chi connectivity index (χ2n) is 4.20. The van der Waals surface area contributed by atoms with E-state index in [0.29, 0.717) is 24.6 Å². The average molecular weight is 253 g/mol. The second kappa shape index (κ2) is 7.76. The van der Waals surface area contributed by atoms with Gasteiger partial charge in [0.05, 0.1) is 12.3 Å². The number of hydrogen-bond donors (Lipinski definition) is 3. The molecule has 1 aromatic heterocycles. The van der Waals surface area contributed by atoms with E-state index in [0.717, 1.165) is 18.7 Å². The summed E-state index contributed by atoms with van der Waals surface area (Å²) in [5.74, 6) is 1.20. The van der Waals surface area contributed by atoms with Gasteiger partial charge in [-0.2, -0.15) is 4.98 Å². The summed E-state index contributed by atoms with van der Waals surface area (Å²) in [7, 11) is 0. The summed E-state index contributed by atoms with van der Waals surface area (Å²) < 4.78 is 5.48. The number of aliphatic hydroxyl groups is 1. The molecule has 102 valence electrons. The lowest BCUT2D eigenvalue weighted by molar-refractivity contribution is 0.278. The number of aromatic nitrogens is 1. The van der Waals surface area contributed by atoms with Gasteiger partial charge in [0, 0.05) is 12.6 Å². The van der Waals surface area contributed by atoms with Crippen LogP contribution >= 0.6 is 0 Å². The van der Waals surface area contributed by atoms with E-state index < -0.39 is 0 Å². The van der Waals surface area contributed by atoms with Gasteiger partial charge >= 0.3 is 0 Å². The average Bonchev–Trinajstić information content (AvgIpc) is 2.38. The lowest BCUT2D eigenvalue weighted by Gasteiger charge is -2.17. The molecule has 0 aliphatic rings. The zero-order chi connectivity index (χ0) is 13.4. The van der Waals surface area contributed by atoms with Crippen molar-refractivity contribution in [2.45, 2.75) is 39.2 Å². The second-order valence-corrected chi connectivity index (χ2v) is 4.20. The zero-order valence-electron chi connectivity index (χ0n) is 11.1. The molecule has 0 aliphatic heterocycles. The van der Waals surface area contributed by atoms with Gasteiger partial charge in [0.15, 0.2) is 0 Å². The molecule has 5 nitrogen and oxygen atoms in total. The highest BCUT2D eigenvalue weighted by Gasteiger charge is 2.08. The van der Waals surface area contributed by atoms with E-state index in [1.807, 2.05) is 13.0 Å². The Morgan fingerprint density at radius 3 is 2.83 bits per heavy atom. The molecule has 18 heavy (non-hydrogen) atoms. The van der Waals surface area contributed by atoms with Crippen LogP contribution in [0.5, 0.6) is 5.88 Å². The van der Waals surface area contributed by atoms with Gasteiger partial charge in [0.1, 0.15) is 5.82 Å². The Hall–Kier alpha value is -1.49. The SMILES string of the molecule is CCCOc1nc(NC(CC)CCO)ccc1N. The van der Waals surface area contributed by atoms with Crippen LogP contribution in [0.25, 0.3) is 0 Å². The van der Waals surface area contributed by atoms with Gasteiger partial charge in [-0.25, -0.2) is 0 Å². The van der Waals surface area contributed by atoms with Crippen molar-refractivity contribution in [3.8, 4) is 5.88 Å². The van der Waals surface area contributed by atoms with Crippen molar-refractivity contribution in [2.75, 3.05) is 24.3 Å². The number of nitrogen functional groups attached to an aromatic ring is 1. The number of nitrogens with one attached hydrogen (secondary N) is 1. The van der Waals surface area contributed by atoms with Crippen LogP contribution in [-0.4, -0.2) is 29.3 Å². The lowest BCUT2D eigenvalue weighted by Crippen LogP contribution is -2.20. The molecule has 0 spiro atoms. The number of aliphatic hydroxyl groups excluding tert-OH is 1. The number of ether oxygens (including phenoxy) is 1. The first-order valence-corrected chi connectivity index (χ1v) is 6.47. The van der Waals surface area contributed by atoms with E-state index in [9.17, 15) is 0 Å². The molecule has 0 amide bonds. The van der Waals surface area contributed by atoms with Crippen LogP contribution in [0.2, 0.25) is 0 Å². The Morgan fingerprint density at radius 1 is 1.44 bits per heavy atom. The van der Waals surface area contributed by atoms with Crippen molar-refractivity contribution in [3.63, 3.8) is 0 Å². The van der Waals surface area contributed by atoms with Crippen LogP contribution in [0, 0.1) is 0 Å². The molecule has 0 saturated heterocycles. The summed E-state index contributed by atoms with van der Waals surface area (Å²) in [5, 5.41) is 12.2. The van der Waals surface area contributed by atoms with E-state index in [4.69, 9.17) is 15.6 Å². The van der Waals surface area contributed by atoms with E-state index in [2.05, 4.69) is 17.2 Å². The van der Waals surface area contributed by atoms with E-state index in [-0.39, 0.29) is 12.6 Å². The van der Waals surface area contributed by atoms with Gasteiger partial charge in [0.25, 0.3) is 0 Å². The normalized spacial score (nSPS) is 12.2. The Kier molecular flexibility index (Phi) is 6.28. The van der Waals surface area contributed by atoms with E-state index >= 15 is 0 Å². The maximum absolute atomic E-state index is 8.96. The molecule has 0 fully saturated rings. The largest absolute Gasteiger partial charge is 0.476 e. The first-order chi connectivity index (χ1) is 8.71. The molecule has 0 radical (unpaired) electrons. The Balaban J connectivity index is 2.70. The van der Waals surface area contributed by atoms with Crippen LogP contribution in [-0.2, 0) is 0 Å². The van der Waals surface area contributed by atoms with E-state index in [1.165, 1.54) is 0 Å². The van der Waals surface area contributed by atoms with Crippen molar-refractivity contribution >= 4 is 11.5 Å². The molecule has 1 rings (SSSR count). The van der Waals surface area contributed by atoms with Gasteiger partial charge in [-0.1, -0.05) is 13.8 Å². The molecule has 1 atom stereocenters. The van der Waals surface area contributed by atoms with Crippen LogP contribution in [0.15, 0.2) is 12.1 Å². The highest BCUT2D eigenvalue weighted by molar-refractivity contribution is 5.53. The summed E-state index contributed by atoms with van der Waals surface area (Å²) in [6.45, 7) is 4.87. The van der Waals surface area contributed by atoms with Crippen molar-refractivity contribution in [2.24, 2.45) is 0 Å². The maximum atomic E-state index is 8.96. The zero-order valence-corrected chi connectivity index (χ0v) is 11.1. The summed E-state index contributed by atoms with van der Waals surface area (Å²) in [6.07, 6.45) is 2.55. The third kappa shape index (κ3) is 4.41. The fraction of sp³-hybridized carbons (Fsp3) is 0.615. The summed E-state index contributed by atoms with van der Waals surface area (Å²) in [5.41, 5.74) is 6.34. The fourth-order valence-corrected chi connectivity index (χ4v) is 1.59. The molecular formula is C13H23N3O2. The first-order valence-electron chi connectivity index (χ1n) is 6.47. The molecule has 0 aromatic carbocycles. The number of nitrogens with zero attached hydrogens (tertiary/aromatic N) is 1. The van der Waals surface area contributed by atoms with Gasteiger partial charge in [-0.3, -0.25) is 0 Å². The molecule has 1 heterocycles. The third-order valence-corrected chi connectivity index (χ3v) is 2.65. The van der Waals surface area contributed by atoms with Gasteiger partial charge in [-0.15, -0.1) is 0 Å². The van der Waals surface area contributed by atoms with Crippen LogP contribution in [0.4, 0.5) is 11.5 Å². The highest BCUT2D eigenvalue weighted by Crippen LogP contribution is 2.22. The molecule has 1 unspecified atom stereocenters. The number of pyridine rings is 1. The predicted molar refractivity (Wildman–Crippen MR) is 73.8 cm³/mol. The Morgan fingerprint density at radius 2 is 2.22 bits per heavy atom. The van der Waals surface area contributed by atoms with Gasteiger partial charge in [0.2, 0.25) is 5.88 Å². The van der Waals surface area contributed by atoms with Gasteiger partial charge < -0.3 is 20.9 Å².